The fourth-order valence-corrected chi connectivity index (χ4v) is 4.41. The summed E-state index contributed by atoms with van der Waals surface area (Å²) < 4.78 is 27.6. The lowest BCUT2D eigenvalue weighted by atomic mass is 10.3. The fraction of sp³-hybridized carbons (Fsp3) is 0.294. The van der Waals surface area contributed by atoms with Crippen LogP contribution in [0.2, 0.25) is 0 Å². The molecule has 0 unspecified atom stereocenters. The summed E-state index contributed by atoms with van der Waals surface area (Å²) in [6.07, 6.45) is 1.40. The van der Waals surface area contributed by atoms with Crippen LogP contribution in [0.3, 0.4) is 0 Å². The van der Waals surface area contributed by atoms with Crippen molar-refractivity contribution >= 4 is 21.3 Å². The van der Waals surface area contributed by atoms with Gasteiger partial charge in [-0.1, -0.05) is 18.2 Å². The van der Waals surface area contributed by atoms with Crippen LogP contribution in [0.25, 0.3) is 5.65 Å². The Morgan fingerprint density at radius 2 is 1.84 bits per heavy atom. The quantitative estimate of drug-likeness (QED) is 0.761. The average Bonchev–Trinajstić information content (AvgIpc) is 3.07. The van der Waals surface area contributed by atoms with Crippen LogP contribution in [-0.4, -0.2) is 49.2 Å². The molecule has 3 aromatic rings. The number of fused-ring (bicyclic) bond motifs is 1. The van der Waals surface area contributed by atoms with Crippen molar-refractivity contribution in [1.82, 2.24) is 19.9 Å². The van der Waals surface area contributed by atoms with Crippen LogP contribution < -0.4 is 10.2 Å². The van der Waals surface area contributed by atoms with Crippen molar-refractivity contribution in [1.29, 1.82) is 0 Å². The van der Waals surface area contributed by atoms with Crippen LogP contribution >= 0.6 is 0 Å². The summed E-state index contributed by atoms with van der Waals surface area (Å²) in [5.74, 6) is 0.874. The predicted octanol–water partition coefficient (Wildman–Crippen LogP) is 1.28. The van der Waals surface area contributed by atoms with Gasteiger partial charge in [0.25, 0.3) is 0 Å². The maximum Gasteiger partial charge on any atom is 0.211 e. The van der Waals surface area contributed by atoms with E-state index < -0.39 is 9.84 Å². The van der Waals surface area contributed by atoms with Crippen LogP contribution in [-0.2, 0) is 9.84 Å². The molecule has 0 amide bonds. The molecule has 7 nitrogen and oxygen atoms in total. The third-order valence-corrected chi connectivity index (χ3v) is 6.09. The number of aryl methyl sites for hydroxylation is 1. The summed E-state index contributed by atoms with van der Waals surface area (Å²) in [5.41, 5.74) is 1.14. The van der Waals surface area contributed by atoms with Crippen LogP contribution in [0.15, 0.2) is 52.4 Å². The summed E-state index contributed by atoms with van der Waals surface area (Å²) in [7, 11) is -3.66. The van der Waals surface area contributed by atoms with Gasteiger partial charge in [-0.2, -0.15) is 9.61 Å². The Hall–Kier alpha value is -2.45. The van der Waals surface area contributed by atoms with Gasteiger partial charge in [0.15, 0.2) is 5.65 Å². The molecule has 1 aliphatic heterocycles. The minimum Gasteiger partial charge on any atom is -0.354 e. The zero-order chi connectivity index (χ0) is 17.4. The van der Waals surface area contributed by atoms with Crippen molar-refractivity contribution in [3.05, 3.63) is 48.3 Å². The van der Waals surface area contributed by atoms with Crippen molar-refractivity contribution in [3.8, 4) is 0 Å². The minimum atomic E-state index is -3.66. The van der Waals surface area contributed by atoms with E-state index >= 15 is 0 Å². The molecule has 1 saturated heterocycles. The zero-order valence-electron chi connectivity index (χ0n) is 13.9. The summed E-state index contributed by atoms with van der Waals surface area (Å²) in [6.45, 7) is 5.34. The number of piperazine rings is 1. The van der Waals surface area contributed by atoms with E-state index in [0.29, 0.717) is 5.65 Å². The molecule has 1 N–H and O–H groups in total. The first kappa shape index (κ1) is 16.0. The van der Waals surface area contributed by atoms with E-state index in [0.717, 1.165) is 37.7 Å². The predicted molar refractivity (Wildman–Crippen MR) is 94.7 cm³/mol. The molecule has 4 rings (SSSR count). The Morgan fingerprint density at radius 3 is 2.56 bits per heavy atom. The molecule has 1 fully saturated rings. The topological polar surface area (TPSA) is 79.6 Å². The van der Waals surface area contributed by atoms with E-state index in [1.807, 2.05) is 13.0 Å². The van der Waals surface area contributed by atoms with Gasteiger partial charge in [-0.3, -0.25) is 0 Å². The van der Waals surface area contributed by atoms with Crippen LogP contribution in [0.4, 0.5) is 5.82 Å². The summed E-state index contributed by atoms with van der Waals surface area (Å²) in [6, 6.07) is 10.3. The minimum absolute atomic E-state index is 0.138. The second kappa shape index (κ2) is 6.12. The normalized spacial score (nSPS) is 15.6. The van der Waals surface area contributed by atoms with Crippen LogP contribution in [0, 0.1) is 6.92 Å². The number of sulfone groups is 1. The van der Waals surface area contributed by atoms with E-state index in [-0.39, 0.29) is 9.79 Å². The Kier molecular flexibility index (Phi) is 3.93. The number of nitrogens with one attached hydrogen (secondary N) is 1. The van der Waals surface area contributed by atoms with Gasteiger partial charge in [0.05, 0.1) is 11.1 Å². The zero-order valence-corrected chi connectivity index (χ0v) is 14.7. The van der Waals surface area contributed by atoms with Gasteiger partial charge in [0.1, 0.15) is 10.7 Å². The number of hydrogen-bond acceptors (Lipinski definition) is 6. The van der Waals surface area contributed by atoms with Crippen LogP contribution in [0.1, 0.15) is 5.69 Å². The Labute approximate surface area is 146 Å². The van der Waals surface area contributed by atoms with Gasteiger partial charge in [0, 0.05) is 37.9 Å². The monoisotopic (exact) mass is 357 g/mol. The first-order chi connectivity index (χ1) is 12.1. The molecule has 0 saturated carbocycles. The number of rotatable bonds is 3. The number of nitrogens with zero attached hydrogens (tertiary/aromatic N) is 4. The molecule has 2 aromatic heterocycles. The SMILES string of the molecule is Cc1cc(N2CCNCC2)n2ncc(S(=O)(=O)c3ccccc3)c2n1. The van der Waals surface area contributed by atoms with Gasteiger partial charge in [-0.15, -0.1) is 0 Å². The second-order valence-electron chi connectivity index (χ2n) is 6.05. The molecule has 0 bridgehead atoms. The summed E-state index contributed by atoms with van der Waals surface area (Å²) in [4.78, 5) is 7.05. The lowest BCUT2D eigenvalue weighted by Crippen LogP contribution is -2.44. The molecule has 0 radical (unpaired) electrons. The number of benzene rings is 1. The molecule has 0 aliphatic carbocycles. The highest BCUT2D eigenvalue weighted by atomic mass is 32.2. The molecule has 1 aromatic carbocycles. The fourth-order valence-electron chi connectivity index (χ4n) is 3.08. The van der Waals surface area contributed by atoms with E-state index in [4.69, 9.17) is 0 Å². The van der Waals surface area contributed by atoms with Gasteiger partial charge in [-0.05, 0) is 19.1 Å². The molecule has 3 heterocycles. The lowest BCUT2D eigenvalue weighted by Gasteiger charge is -2.29. The van der Waals surface area contributed by atoms with Crippen molar-refractivity contribution in [2.75, 3.05) is 31.1 Å². The number of anilines is 1. The highest BCUT2D eigenvalue weighted by Gasteiger charge is 2.25. The molecule has 25 heavy (non-hydrogen) atoms. The van der Waals surface area contributed by atoms with Crippen molar-refractivity contribution in [3.63, 3.8) is 0 Å². The second-order valence-corrected chi connectivity index (χ2v) is 7.97. The third kappa shape index (κ3) is 2.77. The highest BCUT2D eigenvalue weighted by molar-refractivity contribution is 7.91. The van der Waals surface area contributed by atoms with Gasteiger partial charge in [-0.25, -0.2) is 13.4 Å². The summed E-state index contributed by atoms with van der Waals surface area (Å²) in [5, 5.41) is 7.65. The average molecular weight is 357 g/mol. The maximum absolute atomic E-state index is 13.0. The summed E-state index contributed by atoms with van der Waals surface area (Å²) >= 11 is 0. The molecule has 0 spiro atoms. The molecular formula is C17H19N5O2S. The van der Waals surface area contributed by atoms with E-state index in [9.17, 15) is 8.42 Å². The standard InChI is InChI=1S/C17H19N5O2S/c1-13-11-16(21-9-7-18-8-10-21)22-17(20-13)15(12-19-22)25(23,24)14-5-3-2-4-6-14/h2-6,11-12,18H,7-10H2,1H3. The Morgan fingerprint density at radius 1 is 1.12 bits per heavy atom. The molecule has 8 heteroatoms. The maximum atomic E-state index is 13.0. The number of hydrogen-bond donors (Lipinski definition) is 1. The van der Waals surface area contributed by atoms with Crippen molar-refractivity contribution < 1.29 is 8.42 Å². The lowest BCUT2D eigenvalue weighted by molar-refractivity contribution is 0.579. The molecule has 130 valence electrons. The molecule has 0 atom stereocenters. The first-order valence-corrected chi connectivity index (χ1v) is 9.67. The molecular weight excluding hydrogens is 338 g/mol. The van der Waals surface area contributed by atoms with Crippen molar-refractivity contribution in [2.24, 2.45) is 0 Å². The Bertz CT molecular complexity index is 1010. The van der Waals surface area contributed by atoms with Crippen molar-refractivity contribution in [2.45, 2.75) is 16.7 Å². The van der Waals surface area contributed by atoms with E-state index in [1.165, 1.54) is 6.20 Å². The highest BCUT2D eigenvalue weighted by Crippen LogP contribution is 2.27. The van der Waals surface area contributed by atoms with E-state index in [2.05, 4.69) is 20.3 Å². The first-order valence-electron chi connectivity index (χ1n) is 8.18. The smallest absolute Gasteiger partial charge is 0.211 e. The number of aromatic nitrogens is 3. The van der Waals surface area contributed by atoms with Gasteiger partial charge >= 0.3 is 0 Å². The third-order valence-electron chi connectivity index (χ3n) is 4.33. The Balaban J connectivity index is 1.89. The van der Waals surface area contributed by atoms with Crippen LogP contribution in [0.5, 0.6) is 0 Å². The van der Waals surface area contributed by atoms with Gasteiger partial charge in [0.2, 0.25) is 9.84 Å². The largest absolute Gasteiger partial charge is 0.354 e. The molecule has 1 aliphatic rings. The van der Waals surface area contributed by atoms with Gasteiger partial charge < -0.3 is 10.2 Å². The van der Waals surface area contributed by atoms with E-state index in [1.54, 1.807) is 34.8 Å².